The van der Waals surface area contributed by atoms with Gasteiger partial charge in [-0.25, -0.2) is 9.97 Å². The molecule has 3 aromatic heterocycles. The van der Waals surface area contributed by atoms with E-state index in [1.165, 1.54) is 103 Å². The Balaban J connectivity index is 1.12. The van der Waals surface area contributed by atoms with Gasteiger partial charge in [-0.15, -0.1) is 0 Å². The Morgan fingerprint density at radius 3 is 1.18 bits per heavy atom. The lowest BCUT2D eigenvalue weighted by Gasteiger charge is -2.09. The third kappa shape index (κ3) is 12.3. The van der Waals surface area contributed by atoms with E-state index in [2.05, 4.69) is 133 Å². The van der Waals surface area contributed by atoms with Crippen LogP contribution in [0.1, 0.15) is 152 Å². The molecular formula is C54H66N4O2. The first-order valence-corrected chi connectivity index (χ1v) is 23.2. The van der Waals surface area contributed by atoms with E-state index in [9.17, 15) is 0 Å². The van der Waals surface area contributed by atoms with Gasteiger partial charge in [0, 0.05) is 33.2 Å². The summed E-state index contributed by atoms with van der Waals surface area (Å²) in [6, 6.07) is 29.7. The lowest BCUT2D eigenvalue weighted by molar-refractivity contribution is 0.304. The van der Waals surface area contributed by atoms with Gasteiger partial charge in [-0.3, -0.25) is 0 Å². The Morgan fingerprint density at radius 2 is 0.783 bits per heavy atom. The molecule has 0 aliphatic carbocycles. The smallest absolute Gasteiger partial charge is 0.119 e. The van der Waals surface area contributed by atoms with Gasteiger partial charge < -0.3 is 19.4 Å². The van der Waals surface area contributed by atoms with Crippen molar-refractivity contribution in [1.29, 1.82) is 0 Å². The monoisotopic (exact) mass is 803 g/mol. The Hall–Kier alpha value is -5.36. The van der Waals surface area contributed by atoms with E-state index in [0.717, 1.165) is 105 Å². The standard InChI is InChI=1S/C54H66N4O2/c1-3-5-7-9-11-13-15-17-19-37-59-47-29-21-41(22-30-47)53-49-33-27-45(56-49)39-43-25-26-44(55-43)40-46-28-34-50(57-46)54(52-36-35-51(53)58-52)42-23-31-48(32-24-42)60-38-20-18-16-14-12-10-8-6-4-2/h21-36,39-40,55,58H,3-20,37-38H2,1-2H3. The molecule has 5 heterocycles. The summed E-state index contributed by atoms with van der Waals surface area (Å²) in [7, 11) is 0. The average molecular weight is 803 g/mol. The van der Waals surface area contributed by atoms with Crippen molar-refractivity contribution >= 4 is 46.4 Å². The molecule has 2 N–H and O–H groups in total. The van der Waals surface area contributed by atoms with Crippen molar-refractivity contribution in [2.75, 3.05) is 13.2 Å². The highest BCUT2D eigenvalue weighted by molar-refractivity contribution is 5.95. The predicted octanol–water partition coefficient (Wildman–Crippen LogP) is 15.8. The van der Waals surface area contributed by atoms with Gasteiger partial charge >= 0.3 is 0 Å². The molecule has 2 aliphatic rings. The molecule has 0 amide bonds. The van der Waals surface area contributed by atoms with Crippen molar-refractivity contribution < 1.29 is 9.47 Å². The molecule has 2 aliphatic heterocycles. The molecular weight excluding hydrogens is 737 g/mol. The minimum absolute atomic E-state index is 0.746. The number of fused-ring (bicyclic) bond motifs is 8. The number of nitrogens with zero attached hydrogens (tertiary/aromatic N) is 2. The average Bonchev–Trinajstić information content (AvgIpc) is 4.11. The normalized spacial score (nSPS) is 12.0. The summed E-state index contributed by atoms with van der Waals surface area (Å²) in [4.78, 5) is 17.6. The lowest BCUT2D eigenvalue weighted by Crippen LogP contribution is -1.97. The lowest BCUT2D eigenvalue weighted by atomic mass is 10.0. The van der Waals surface area contributed by atoms with Crippen LogP contribution in [0.15, 0.2) is 84.9 Å². The highest BCUT2D eigenvalue weighted by atomic mass is 16.5. The summed E-state index contributed by atoms with van der Waals surface area (Å²) in [6.45, 7) is 6.05. The van der Waals surface area contributed by atoms with Crippen LogP contribution >= 0.6 is 0 Å². The predicted molar refractivity (Wildman–Crippen MR) is 255 cm³/mol. The molecule has 0 saturated heterocycles. The molecule has 8 bridgehead atoms. The minimum atomic E-state index is 0.746. The number of H-pyrrole nitrogens is 2. The van der Waals surface area contributed by atoms with Gasteiger partial charge in [-0.1, -0.05) is 141 Å². The quantitative estimate of drug-likeness (QED) is 0.0597. The molecule has 0 spiro atoms. The number of aromatic amines is 2. The number of ether oxygens (including phenoxy) is 2. The molecule has 0 unspecified atom stereocenters. The highest BCUT2D eigenvalue weighted by Crippen LogP contribution is 2.35. The first-order chi connectivity index (χ1) is 29.7. The zero-order chi connectivity index (χ0) is 41.2. The molecule has 6 heteroatoms. The van der Waals surface area contributed by atoms with Crippen molar-refractivity contribution in [2.24, 2.45) is 0 Å². The van der Waals surface area contributed by atoms with Gasteiger partial charge in [0.05, 0.1) is 36.0 Å². The van der Waals surface area contributed by atoms with Crippen molar-refractivity contribution in [3.63, 3.8) is 0 Å². The molecule has 7 rings (SSSR count). The van der Waals surface area contributed by atoms with Crippen molar-refractivity contribution in [2.45, 2.75) is 129 Å². The molecule has 0 saturated carbocycles. The van der Waals surface area contributed by atoms with E-state index in [-0.39, 0.29) is 0 Å². The fraction of sp³-hybridized carbons (Fsp3) is 0.407. The zero-order valence-corrected chi connectivity index (χ0v) is 36.2. The second kappa shape index (κ2) is 22.9. The van der Waals surface area contributed by atoms with Crippen LogP contribution in [0.2, 0.25) is 0 Å². The molecule has 0 atom stereocenters. The molecule has 0 radical (unpaired) electrons. The highest BCUT2D eigenvalue weighted by Gasteiger charge is 2.15. The Bertz CT molecular complexity index is 2150. The maximum absolute atomic E-state index is 6.22. The fourth-order valence-corrected chi connectivity index (χ4v) is 8.32. The van der Waals surface area contributed by atoms with Crippen LogP contribution in [0.4, 0.5) is 0 Å². The van der Waals surface area contributed by atoms with Gasteiger partial charge in [-0.2, -0.15) is 0 Å². The number of nitrogens with one attached hydrogen (secondary N) is 2. The van der Waals surface area contributed by atoms with E-state index in [0.29, 0.717) is 0 Å². The number of hydrogen-bond acceptors (Lipinski definition) is 4. The number of aromatic nitrogens is 4. The van der Waals surface area contributed by atoms with Gasteiger partial charge in [0.25, 0.3) is 0 Å². The van der Waals surface area contributed by atoms with Crippen molar-refractivity contribution in [3.05, 3.63) is 108 Å². The minimum Gasteiger partial charge on any atom is -0.494 e. The molecule has 0 fully saturated rings. The van der Waals surface area contributed by atoms with Crippen LogP contribution < -0.4 is 9.47 Å². The topological polar surface area (TPSA) is 75.8 Å². The van der Waals surface area contributed by atoms with Crippen LogP contribution in [0.3, 0.4) is 0 Å². The molecule has 314 valence electrons. The fourth-order valence-electron chi connectivity index (χ4n) is 8.32. The van der Waals surface area contributed by atoms with Crippen LogP contribution in [-0.2, 0) is 0 Å². The summed E-state index contributed by atoms with van der Waals surface area (Å²) in [6.07, 6.45) is 31.9. The number of hydrogen-bond donors (Lipinski definition) is 2. The van der Waals surface area contributed by atoms with E-state index < -0.39 is 0 Å². The first kappa shape index (κ1) is 42.8. The first-order valence-electron chi connectivity index (χ1n) is 23.2. The molecule has 5 aromatic rings. The van der Waals surface area contributed by atoms with Crippen molar-refractivity contribution in [3.8, 4) is 33.8 Å². The van der Waals surface area contributed by atoms with Crippen molar-refractivity contribution in [1.82, 2.24) is 19.9 Å². The number of unbranched alkanes of at least 4 members (excludes halogenated alkanes) is 16. The third-order valence-corrected chi connectivity index (χ3v) is 11.7. The summed E-state index contributed by atoms with van der Waals surface area (Å²) in [5, 5.41) is 0. The maximum Gasteiger partial charge on any atom is 0.119 e. The number of benzene rings is 2. The van der Waals surface area contributed by atoms with E-state index in [1.54, 1.807) is 0 Å². The second-order valence-corrected chi connectivity index (χ2v) is 16.6. The van der Waals surface area contributed by atoms with E-state index >= 15 is 0 Å². The molecule has 60 heavy (non-hydrogen) atoms. The maximum atomic E-state index is 6.22. The number of rotatable bonds is 24. The summed E-state index contributed by atoms with van der Waals surface area (Å²) in [5.41, 5.74) is 11.8. The van der Waals surface area contributed by atoms with Crippen LogP contribution in [0.5, 0.6) is 11.5 Å². The van der Waals surface area contributed by atoms with Gasteiger partial charge in [0.15, 0.2) is 0 Å². The third-order valence-electron chi connectivity index (χ3n) is 11.7. The summed E-state index contributed by atoms with van der Waals surface area (Å²) >= 11 is 0. The Labute approximate surface area is 358 Å². The van der Waals surface area contributed by atoms with Crippen LogP contribution in [0.25, 0.3) is 68.6 Å². The van der Waals surface area contributed by atoms with E-state index in [4.69, 9.17) is 19.4 Å². The molecule has 6 nitrogen and oxygen atoms in total. The Kier molecular flexibility index (Phi) is 16.3. The van der Waals surface area contributed by atoms with Gasteiger partial charge in [0.1, 0.15) is 11.5 Å². The largest absolute Gasteiger partial charge is 0.494 e. The van der Waals surface area contributed by atoms with Crippen LogP contribution in [0, 0.1) is 0 Å². The van der Waals surface area contributed by atoms with Crippen LogP contribution in [-0.4, -0.2) is 33.1 Å². The summed E-state index contributed by atoms with van der Waals surface area (Å²) in [5.74, 6) is 1.80. The molecule has 2 aromatic carbocycles. The van der Waals surface area contributed by atoms with E-state index in [1.807, 2.05) is 0 Å². The van der Waals surface area contributed by atoms with Gasteiger partial charge in [0.2, 0.25) is 0 Å². The van der Waals surface area contributed by atoms with Gasteiger partial charge in [-0.05, 0) is 109 Å². The Morgan fingerprint density at radius 1 is 0.400 bits per heavy atom. The SMILES string of the molecule is CCCCCCCCCCCOc1ccc(-c2c3nc(cc4ccc(cc5nc(c(-c6ccc(OCCCCCCCCCCC)cc6)c6ccc2[nH]6)C=C5)[nH]4)C=C3)cc1. The summed E-state index contributed by atoms with van der Waals surface area (Å²) < 4.78 is 12.4. The zero-order valence-electron chi connectivity index (χ0n) is 36.2. The second-order valence-electron chi connectivity index (χ2n) is 16.6.